The van der Waals surface area contributed by atoms with Gasteiger partial charge in [-0.1, -0.05) is 6.07 Å². The summed E-state index contributed by atoms with van der Waals surface area (Å²) in [5.41, 5.74) is 2.34. The molecule has 0 aliphatic carbocycles. The molecule has 4 aromatic heterocycles. The molecule has 4 aromatic rings. The lowest BCUT2D eigenvalue weighted by atomic mass is 10.2. The Morgan fingerprint density at radius 1 is 1.31 bits per heavy atom. The number of pyridine rings is 1. The van der Waals surface area contributed by atoms with Crippen LogP contribution in [0.25, 0.3) is 15.9 Å². The number of hydrogen-bond donors (Lipinski definition) is 1. The van der Waals surface area contributed by atoms with Gasteiger partial charge in [-0.2, -0.15) is 0 Å². The zero-order valence-corrected chi connectivity index (χ0v) is 15.2. The standard InChI is InChI=1S/C18H17N5O2S/c1-11-12(2)26-17-16(11)18(25)23(10-20-17)9-15(24)19-7-13-8-22-6-4-3-5-14(22)21-13/h3-6,8,10H,7,9H2,1-2H3,(H,19,24). The Balaban J connectivity index is 1.49. The zero-order valence-electron chi connectivity index (χ0n) is 14.4. The Hall–Kier alpha value is -3.00. The molecule has 0 saturated heterocycles. The van der Waals surface area contributed by atoms with Crippen molar-refractivity contribution in [2.24, 2.45) is 0 Å². The summed E-state index contributed by atoms with van der Waals surface area (Å²) >= 11 is 1.49. The molecule has 1 amide bonds. The maximum atomic E-state index is 12.6. The number of amides is 1. The van der Waals surface area contributed by atoms with Crippen molar-refractivity contribution in [2.45, 2.75) is 26.9 Å². The van der Waals surface area contributed by atoms with E-state index in [1.807, 2.05) is 48.8 Å². The number of aromatic nitrogens is 4. The first kappa shape index (κ1) is 16.5. The lowest BCUT2D eigenvalue weighted by Gasteiger charge is -2.06. The van der Waals surface area contributed by atoms with E-state index >= 15 is 0 Å². The second-order valence-corrected chi connectivity index (χ2v) is 7.32. The molecular weight excluding hydrogens is 350 g/mol. The zero-order chi connectivity index (χ0) is 18.3. The number of carbonyl (C=O) groups is 1. The number of hydrogen-bond acceptors (Lipinski definition) is 5. The molecule has 0 aliphatic rings. The molecule has 0 bridgehead atoms. The molecule has 0 spiro atoms. The SMILES string of the molecule is Cc1sc2ncn(CC(=O)NCc3cn4ccccc4n3)c(=O)c2c1C. The van der Waals surface area contributed by atoms with Crippen molar-refractivity contribution in [3.05, 3.63) is 63.4 Å². The molecule has 4 rings (SSSR count). The Morgan fingerprint density at radius 3 is 2.96 bits per heavy atom. The summed E-state index contributed by atoms with van der Waals surface area (Å²) in [5.74, 6) is -0.255. The summed E-state index contributed by atoms with van der Waals surface area (Å²) in [6.45, 7) is 4.11. The number of aryl methyl sites for hydroxylation is 2. The van der Waals surface area contributed by atoms with Crippen molar-refractivity contribution in [3.8, 4) is 0 Å². The molecule has 8 heteroatoms. The van der Waals surface area contributed by atoms with Crippen LogP contribution in [-0.4, -0.2) is 24.8 Å². The average Bonchev–Trinajstić information content (AvgIpc) is 3.17. The van der Waals surface area contributed by atoms with Gasteiger partial charge in [0.05, 0.1) is 24.0 Å². The highest BCUT2D eigenvalue weighted by atomic mass is 32.1. The molecule has 0 saturated carbocycles. The summed E-state index contributed by atoms with van der Waals surface area (Å²) in [4.78, 5) is 35.4. The number of imidazole rings is 1. The van der Waals surface area contributed by atoms with E-state index in [4.69, 9.17) is 0 Å². The third kappa shape index (κ3) is 2.88. The Bertz CT molecular complexity index is 1150. The molecule has 26 heavy (non-hydrogen) atoms. The van der Waals surface area contributed by atoms with Crippen molar-refractivity contribution in [1.82, 2.24) is 24.3 Å². The first-order chi connectivity index (χ1) is 12.5. The first-order valence-electron chi connectivity index (χ1n) is 8.17. The van der Waals surface area contributed by atoms with Crippen LogP contribution in [-0.2, 0) is 17.9 Å². The van der Waals surface area contributed by atoms with Crippen LogP contribution >= 0.6 is 11.3 Å². The van der Waals surface area contributed by atoms with E-state index in [1.54, 1.807) is 0 Å². The number of carbonyl (C=O) groups excluding carboxylic acids is 1. The number of thiophene rings is 1. The fourth-order valence-electron chi connectivity index (χ4n) is 2.85. The molecule has 0 fully saturated rings. The second kappa shape index (κ2) is 6.38. The Labute approximate surface area is 152 Å². The number of rotatable bonds is 4. The third-order valence-electron chi connectivity index (χ3n) is 4.35. The minimum absolute atomic E-state index is 0.0660. The molecular formula is C18H17N5O2S. The van der Waals surface area contributed by atoms with Crippen molar-refractivity contribution in [2.75, 3.05) is 0 Å². The van der Waals surface area contributed by atoms with E-state index in [0.29, 0.717) is 16.8 Å². The second-order valence-electron chi connectivity index (χ2n) is 6.12. The summed E-state index contributed by atoms with van der Waals surface area (Å²) in [5, 5.41) is 3.40. The van der Waals surface area contributed by atoms with Gasteiger partial charge < -0.3 is 9.72 Å². The van der Waals surface area contributed by atoms with Gasteiger partial charge in [0.15, 0.2) is 0 Å². The predicted octanol–water partition coefficient (Wildman–Crippen LogP) is 2.04. The quantitative estimate of drug-likeness (QED) is 0.598. The van der Waals surface area contributed by atoms with E-state index in [1.165, 1.54) is 22.2 Å². The minimum atomic E-state index is -0.255. The largest absolute Gasteiger partial charge is 0.349 e. The molecule has 0 aliphatic heterocycles. The molecule has 0 radical (unpaired) electrons. The van der Waals surface area contributed by atoms with Gasteiger partial charge in [-0.25, -0.2) is 9.97 Å². The topological polar surface area (TPSA) is 81.3 Å². The van der Waals surface area contributed by atoms with Crippen LogP contribution in [0.1, 0.15) is 16.1 Å². The minimum Gasteiger partial charge on any atom is -0.349 e. The number of nitrogens with one attached hydrogen (secondary N) is 1. The molecule has 4 heterocycles. The van der Waals surface area contributed by atoms with Gasteiger partial charge in [0.2, 0.25) is 5.91 Å². The lowest BCUT2D eigenvalue weighted by molar-refractivity contribution is -0.121. The summed E-state index contributed by atoms with van der Waals surface area (Å²) in [6, 6.07) is 5.73. The molecule has 132 valence electrons. The van der Waals surface area contributed by atoms with Gasteiger partial charge in [0, 0.05) is 17.3 Å². The van der Waals surface area contributed by atoms with Gasteiger partial charge in [0.25, 0.3) is 5.56 Å². The molecule has 0 atom stereocenters. The van der Waals surface area contributed by atoms with Crippen molar-refractivity contribution in [3.63, 3.8) is 0 Å². The van der Waals surface area contributed by atoms with Crippen LogP contribution in [0.4, 0.5) is 0 Å². The maximum Gasteiger partial charge on any atom is 0.262 e. The van der Waals surface area contributed by atoms with Crippen molar-refractivity contribution >= 4 is 33.1 Å². The van der Waals surface area contributed by atoms with Gasteiger partial charge in [0.1, 0.15) is 17.0 Å². The highest BCUT2D eigenvalue weighted by molar-refractivity contribution is 7.18. The van der Waals surface area contributed by atoms with Crippen molar-refractivity contribution < 1.29 is 4.79 Å². The van der Waals surface area contributed by atoms with Crippen LogP contribution in [0.3, 0.4) is 0 Å². The molecule has 7 nitrogen and oxygen atoms in total. The fraction of sp³-hybridized carbons (Fsp3) is 0.222. The summed E-state index contributed by atoms with van der Waals surface area (Å²) in [7, 11) is 0. The normalized spacial score (nSPS) is 11.3. The van der Waals surface area contributed by atoms with E-state index in [9.17, 15) is 9.59 Å². The number of fused-ring (bicyclic) bond motifs is 2. The van der Waals surface area contributed by atoms with E-state index in [2.05, 4.69) is 15.3 Å². The van der Waals surface area contributed by atoms with Crippen LogP contribution in [0.5, 0.6) is 0 Å². The lowest BCUT2D eigenvalue weighted by Crippen LogP contribution is -2.32. The van der Waals surface area contributed by atoms with E-state index in [0.717, 1.165) is 21.8 Å². The molecule has 0 unspecified atom stereocenters. The predicted molar refractivity (Wildman–Crippen MR) is 100 cm³/mol. The van der Waals surface area contributed by atoms with Crippen molar-refractivity contribution in [1.29, 1.82) is 0 Å². The fourth-order valence-corrected chi connectivity index (χ4v) is 3.84. The Morgan fingerprint density at radius 2 is 2.15 bits per heavy atom. The average molecular weight is 367 g/mol. The molecule has 0 aromatic carbocycles. The monoisotopic (exact) mass is 367 g/mol. The van der Waals surface area contributed by atoms with Gasteiger partial charge >= 0.3 is 0 Å². The first-order valence-corrected chi connectivity index (χ1v) is 8.99. The van der Waals surface area contributed by atoms with E-state index in [-0.39, 0.29) is 18.0 Å². The molecule has 1 N–H and O–H groups in total. The van der Waals surface area contributed by atoms with Crippen LogP contribution in [0, 0.1) is 13.8 Å². The maximum absolute atomic E-state index is 12.6. The van der Waals surface area contributed by atoms with E-state index < -0.39 is 0 Å². The van der Waals surface area contributed by atoms with Crippen LogP contribution < -0.4 is 10.9 Å². The van der Waals surface area contributed by atoms with Gasteiger partial charge in [-0.15, -0.1) is 11.3 Å². The highest BCUT2D eigenvalue weighted by Crippen LogP contribution is 2.25. The van der Waals surface area contributed by atoms with Crippen LogP contribution in [0.2, 0.25) is 0 Å². The van der Waals surface area contributed by atoms with Gasteiger partial charge in [-0.3, -0.25) is 14.2 Å². The third-order valence-corrected chi connectivity index (χ3v) is 5.47. The van der Waals surface area contributed by atoms with Gasteiger partial charge in [-0.05, 0) is 31.5 Å². The summed E-state index contributed by atoms with van der Waals surface area (Å²) in [6.07, 6.45) is 5.21. The summed E-state index contributed by atoms with van der Waals surface area (Å²) < 4.78 is 3.24. The smallest absolute Gasteiger partial charge is 0.262 e. The van der Waals surface area contributed by atoms with Crippen LogP contribution in [0.15, 0.2) is 41.7 Å². The highest BCUT2D eigenvalue weighted by Gasteiger charge is 2.13. The Kier molecular flexibility index (Phi) is 4.04. The number of nitrogens with zero attached hydrogens (tertiary/aromatic N) is 4.